The van der Waals surface area contributed by atoms with E-state index < -0.39 is 63.6 Å². The summed E-state index contributed by atoms with van der Waals surface area (Å²) >= 11 is 7.84. The van der Waals surface area contributed by atoms with Crippen molar-refractivity contribution in [2.45, 2.75) is 32.6 Å². The number of allylic oxidation sites excluding steroid dienone is 2. The van der Waals surface area contributed by atoms with Gasteiger partial charge in [-0.25, -0.2) is 4.90 Å². The number of nitrogens with zero attached hydrogens (tertiary/aromatic N) is 5. The number of ether oxygens (including phenoxy) is 2. The lowest BCUT2D eigenvalue weighted by atomic mass is 9.51. The van der Waals surface area contributed by atoms with Gasteiger partial charge >= 0.3 is 0 Å². The zero-order valence-electron chi connectivity index (χ0n) is 31.9. The molecule has 296 valence electrons. The van der Waals surface area contributed by atoms with Crippen LogP contribution in [0.3, 0.4) is 0 Å². The lowest BCUT2D eigenvalue weighted by molar-refractivity contribution is -0.384. The monoisotopic (exact) mass is 821 g/mol. The average Bonchev–Trinajstić information content (AvgIpc) is 3.88. The van der Waals surface area contributed by atoms with Crippen LogP contribution in [0.4, 0.5) is 17.2 Å². The van der Waals surface area contributed by atoms with E-state index in [1.165, 1.54) is 65.5 Å². The normalized spacial score (nSPS) is 25.2. The molecule has 58 heavy (non-hydrogen) atoms. The van der Waals surface area contributed by atoms with Gasteiger partial charge in [-0.15, -0.1) is 11.3 Å². The summed E-state index contributed by atoms with van der Waals surface area (Å²) in [7, 11) is 4.54. The van der Waals surface area contributed by atoms with E-state index in [2.05, 4.69) is 0 Å². The number of benzene rings is 3. The number of halogens is 1. The number of phenols is 1. The van der Waals surface area contributed by atoms with E-state index in [4.69, 9.17) is 26.2 Å². The first kappa shape index (κ1) is 37.5. The second kappa shape index (κ2) is 13.2. The van der Waals surface area contributed by atoms with Gasteiger partial charge in [-0.1, -0.05) is 23.3 Å². The summed E-state index contributed by atoms with van der Waals surface area (Å²) in [5.74, 6) is -5.78. The second-order valence-corrected chi connectivity index (χ2v) is 16.9. The lowest BCUT2D eigenvalue weighted by Gasteiger charge is -2.49. The van der Waals surface area contributed by atoms with Gasteiger partial charge in [0.15, 0.2) is 0 Å². The molecule has 0 unspecified atom stereocenters. The van der Waals surface area contributed by atoms with Gasteiger partial charge in [-0.3, -0.25) is 38.9 Å². The Hall–Kier alpha value is -6.06. The molecule has 2 aliphatic carbocycles. The highest BCUT2D eigenvalue weighted by Crippen LogP contribution is 2.66. The van der Waals surface area contributed by atoms with Crippen LogP contribution in [0.5, 0.6) is 17.2 Å². The van der Waals surface area contributed by atoms with Gasteiger partial charge in [-0.2, -0.15) is 5.10 Å². The number of aryl methyl sites for hydroxylation is 2. The summed E-state index contributed by atoms with van der Waals surface area (Å²) in [6.07, 6.45) is 2.08. The molecule has 14 nitrogen and oxygen atoms in total. The molecule has 2 aromatic heterocycles. The van der Waals surface area contributed by atoms with Crippen LogP contribution in [-0.2, 0) is 26.2 Å². The number of aromatic nitrogens is 2. The number of anilines is 2. The van der Waals surface area contributed by atoms with Crippen LogP contribution in [0.2, 0.25) is 5.02 Å². The molecule has 16 heteroatoms. The predicted molar refractivity (Wildman–Crippen MR) is 215 cm³/mol. The molecule has 2 saturated heterocycles. The van der Waals surface area contributed by atoms with Gasteiger partial charge in [0.05, 0.1) is 52.9 Å². The summed E-state index contributed by atoms with van der Waals surface area (Å²) in [5.41, 5.74) is 0.930. The van der Waals surface area contributed by atoms with E-state index >= 15 is 9.59 Å². The second-order valence-electron chi connectivity index (χ2n) is 15.4. The van der Waals surface area contributed by atoms with E-state index in [-0.39, 0.29) is 47.1 Å². The van der Waals surface area contributed by atoms with Crippen molar-refractivity contribution in [2.24, 2.45) is 36.1 Å². The van der Waals surface area contributed by atoms with E-state index in [0.29, 0.717) is 22.0 Å². The molecule has 0 bridgehead atoms. The molecule has 0 radical (unpaired) electrons. The van der Waals surface area contributed by atoms with Crippen molar-refractivity contribution in [1.82, 2.24) is 9.78 Å². The van der Waals surface area contributed by atoms with Crippen LogP contribution in [0.1, 0.15) is 36.8 Å². The Morgan fingerprint density at radius 1 is 0.966 bits per heavy atom. The average molecular weight is 822 g/mol. The van der Waals surface area contributed by atoms with Gasteiger partial charge < -0.3 is 14.6 Å². The summed E-state index contributed by atoms with van der Waals surface area (Å²) in [6, 6.07) is 15.6. The number of amides is 4. The fourth-order valence-corrected chi connectivity index (χ4v) is 11.2. The van der Waals surface area contributed by atoms with Crippen molar-refractivity contribution >= 4 is 73.8 Å². The lowest BCUT2D eigenvalue weighted by Crippen LogP contribution is -2.49. The largest absolute Gasteiger partial charge is 0.507 e. The van der Waals surface area contributed by atoms with Crippen LogP contribution in [-0.4, -0.2) is 57.7 Å². The van der Waals surface area contributed by atoms with E-state index in [1.807, 2.05) is 31.2 Å². The van der Waals surface area contributed by atoms with Crippen molar-refractivity contribution in [3.05, 3.63) is 98.6 Å². The first-order valence-corrected chi connectivity index (χ1v) is 19.8. The maximum atomic E-state index is 15.3. The molecule has 6 atom stereocenters. The third kappa shape index (κ3) is 5.18. The topological polar surface area (TPSA) is 174 Å². The minimum Gasteiger partial charge on any atom is -0.507 e. The molecule has 2 aliphatic heterocycles. The molecular formula is C42H36ClN5O9S. The SMILES string of the molecule is COc1cc(O)c([C@H]2C3=CC[C@@H]4C(=O)N(c5ccc([N+](=O)[O-])cc5)C(=O)[C@@H]4[C@@H]3C[C@H]3C(=O)N(c4cc(-c5sc6ccc(Cl)cc6c5C)nn4C)C(=O)[C@@]23C)c(OC)c1. The number of nitro groups is 1. The van der Waals surface area contributed by atoms with Crippen molar-refractivity contribution in [1.29, 1.82) is 0 Å². The van der Waals surface area contributed by atoms with Gasteiger partial charge in [0.1, 0.15) is 28.8 Å². The molecule has 1 saturated carbocycles. The maximum Gasteiger partial charge on any atom is 0.269 e. The van der Waals surface area contributed by atoms with Crippen molar-refractivity contribution in [2.75, 3.05) is 24.0 Å². The number of rotatable bonds is 7. The minimum absolute atomic E-state index is 0.0638. The molecule has 9 rings (SSSR count). The number of hydrogen-bond acceptors (Lipinski definition) is 11. The van der Waals surface area contributed by atoms with Crippen LogP contribution < -0.4 is 19.3 Å². The van der Waals surface area contributed by atoms with E-state index in [9.17, 15) is 24.8 Å². The highest BCUT2D eigenvalue weighted by atomic mass is 35.5. The Morgan fingerprint density at radius 3 is 2.40 bits per heavy atom. The Bertz CT molecular complexity index is 2690. The predicted octanol–water partition coefficient (Wildman–Crippen LogP) is 7.33. The quantitative estimate of drug-likeness (QED) is 0.0758. The molecule has 1 N–H and O–H groups in total. The fraction of sp³-hybridized carbons (Fsp3) is 0.310. The number of hydrogen-bond donors (Lipinski definition) is 1. The van der Waals surface area contributed by atoms with Gasteiger partial charge in [0.2, 0.25) is 23.6 Å². The number of non-ortho nitro benzene ring substituents is 1. The summed E-state index contributed by atoms with van der Waals surface area (Å²) < 4.78 is 13.8. The Kier molecular flexibility index (Phi) is 8.57. The number of thiophene rings is 1. The molecular weight excluding hydrogens is 786 g/mol. The molecule has 4 heterocycles. The number of imide groups is 2. The molecule has 3 aromatic carbocycles. The molecule has 4 amide bonds. The fourth-order valence-electron chi connectivity index (χ4n) is 9.90. The molecule has 4 aliphatic rings. The Balaban J connectivity index is 1.17. The third-order valence-electron chi connectivity index (χ3n) is 12.6. The van der Waals surface area contributed by atoms with Crippen molar-refractivity contribution < 1.29 is 38.7 Å². The number of aromatic hydroxyl groups is 1. The number of methoxy groups -OCH3 is 2. The number of phenolic OH excluding ortho intramolecular Hbond substituents is 1. The standard InChI is InChI=1S/C42H36ClN5O9S/c1-19-26-14-20(43)6-13-32(26)58-37(19)29-18-33(45(3)44-29)47-39(51)28-17-27-24(36(42(28,2)41(47)53)35-30(49)15-23(56-4)16-31(35)57-5)11-12-25-34(27)40(52)46(38(25)50)21-7-9-22(10-8-21)48(54)55/h6-11,13-16,18,25,27-28,34,36,49H,12,17H2,1-5H3/t25-,27+,28-,34-,36+,42+/m0/s1. The summed E-state index contributed by atoms with van der Waals surface area (Å²) in [5, 5.41) is 29.5. The van der Waals surface area contributed by atoms with Gasteiger partial charge in [0, 0.05) is 58.6 Å². The Labute approximate surface area is 340 Å². The maximum absolute atomic E-state index is 15.3. The van der Waals surface area contributed by atoms with Gasteiger partial charge in [0.25, 0.3) is 5.69 Å². The van der Waals surface area contributed by atoms with Crippen LogP contribution in [0, 0.1) is 46.1 Å². The van der Waals surface area contributed by atoms with Crippen LogP contribution in [0.15, 0.2) is 72.3 Å². The number of nitro benzene ring substituents is 1. The molecule has 0 spiro atoms. The first-order chi connectivity index (χ1) is 27.7. The highest BCUT2D eigenvalue weighted by Gasteiger charge is 2.68. The van der Waals surface area contributed by atoms with Gasteiger partial charge in [-0.05, 0) is 73.9 Å². The Morgan fingerprint density at radius 2 is 1.71 bits per heavy atom. The number of fused-ring (bicyclic) bond motifs is 5. The minimum atomic E-state index is -1.50. The third-order valence-corrected chi connectivity index (χ3v) is 14.2. The highest BCUT2D eigenvalue weighted by molar-refractivity contribution is 7.22. The van der Waals surface area contributed by atoms with Crippen LogP contribution in [0.25, 0.3) is 20.7 Å². The smallest absolute Gasteiger partial charge is 0.269 e. The van der Waals surface area contributed by atoms with E-state index in [1.54, 1.807) is 26.1 Å². The number of carbonyl (C=O) groups excluding carboxylic acids is 4. The number of carbonyl (C=O) groups is 4. The first-order valence-electron chi connectivity index (χ1n) is 18.6. The van der Waals surface area contributed by atoms with Crippen molar-refractivity contribution in [3.8, 4) is 27.8 Å². The zero-order chi connectivity index (χ0) is 41.1. The summed E-state index contributed by atoms with van der Waals surface area (Å²) in [4.78, 5) is 72.7. The molecule has 5 aromatic rings. The molecule has 3 fully saturated rings. The zero-order valence-corrected chi connectivity index (χ0v) is 33.5. The summed E-state index contributed by atoms with van der Waals surface area (Å²) in [6.45, 7) is 3.69. The van der Waals surface area contributed by atoms with Crippen molar-refractivity contribution in [3.63, 3.8) is 0 Å². The van der Waals surface area contributed by atoms with E-state index in [0.717, 1.165) is 25.4 Å². The van der Waals surface area contributed by atoms with Crippen LogP contribution >= 0.6 is 22.9 Å².